The van der Waals surface area contributed by atoms with Gasteiger partial charge in [0.05, 0.1) is 23.7 Å². The molecule has 7 heteroatoms. The van der Waals surface area contributed by atoms with Crippen LogP contribution in [0.25, 0.3) is 0 Å². The first-order valence-electron chi connectivity index (χ1n) is 11.9. The van der Waals surface area contributed by atoms with Gasteiger partial charge in [-0.1, -0.05) is 25.3 Å². The molecule has 2 aromatic heterocycles. The molecule has 31 heavy (non-hydrogen) atoms. The summed E-state index contributed by atoms with van der Waals surface area (Å²) in [5.74, 6) is 0.824. The lowest BCUT2D eigenvalue weighted by Crippen LogP contribution is -2.44. The van der Waals surface area contributed by atoms with Crippen molar-refractivity contribution in [2.45, 2.75) is 82.8 Å². The lowest BCUT2D eigenvalue weighted by atomic mass is 9.92. The number of amides is 1. The second-order valence-electron chi connectivity index (χ2n) is 9.24. The molecule has 166 valence electrons. The first-order valence-corrected chi connectivity index (χ1v) is 12.7. The molecule has 2 fully saturated rings. The van der Waals surface area contributed by atoms with E-state index in [1.165, 1.54) is 32.1 Å². The van der Waals surface area contributed by atoms with E-state index in [1.54, 1.807) is 11.3 Å². The van der Waals surface area contributed by atoms with Gasteiger partial charge in [0.1, 0.15) is 5.82 Å². The van der Waals surface area contributed by atoms with Crippen LogP contribution in [0.3, 0.4) is 0 Å². The number of likely N-dealkylation sites (tertiary alicyclic amines) is 1. The quantitative estimate of drug-likeness (QED) is 0.785. The summed E-state index contributed by atoms with van der Waals surface area (Å²) < 4.78 is 0. The summed E-state index contributed by atoms with van der Waals surface area (Å²) in [5.41, 5.74) is 1.78. The molecule has 2 aliphatic heterocycles. The van der Waals surface area contributed by atoms with E-state index in [1.807, 2.05) is 22.4 Å². The number of nitrogens with one attached hydrogen (secondary N) is 1. The number of thiophene rings is 1. The number of carbonyl (C=O) groups excluding carboxylic acids is 1. The highest BCUT2D eigenvalue weighted by molar-refractivity contribution is 7.10. The van der Waals surface area contributed by atoms with Crippen molar-refractivity contribution < 1.29 is 4.79 Å². The largest absolute Gasteiger partial charge is 0.332 e. The highest BCUT2D eigenvalue weighted by Gasteiger charge is 2.32. The topological polar surface area (TPSA) is 69.3 Å². The standard InChI is InChI=1S/C24H32N4O2S/c29-22(15-18-9-6-14-31-18)28-12-5-4-10-21(28)23-25-20-11-13-27(16-19(20)24(30)26-23)17-7-2-1-3-8-17/h6,9,14,17,21H,1-5,7-8,10-13,15-16H2,(H,25,26,30)/t21-/m0/s1. The zero-order valence-electron chi connectivity index (χ0n) is 18.1. The number of carbonyl (C=O) groups is 1. The SMILES string of the molecule is O=C(Cc1cccs1)N1CCCC[C@H]1c1nc2c(c(=O)[nH]1)CN(C1CCCCC1)CC2. The van der Waals surface area contributed by atoms with Crippen molar-refractivity contribution in [1.82, 2.24) is 19.8 Å². The van der Waals surface area contributed by atoms with Crippen LogP contribution in [0.2, 0.25) is 0 Å². The van der Waals surface area contributed by atoms with Gasteiger partial charge in [-0.2, -0.15) is 0 Å². The number of H-pyrrole nitrogens is 1. The molecule has 6 nitrogen and oxygen atoms in total. The summed E-state index contributed by atoms with van der Waals surface area (Å²) in [6.07, 6.45) is 10.7. The minimum absolute atomic E-state index is 0.00302. The van der Waals surface area contributed by atoms with Crippen molar-refractivity contribution in [2.24, 2.45) is 0 Å². The third-order valence-electron chi connectivity index (χ3n) is 7.25. The number of rotatable bonds is 4. The van der Waals surface area contributed by atoms with Crippen LogP contribution in [-0.2, 0) is 24.2 Å². The molecule has 1 amide bonds. The maximum Gasteiger partial charge on any atom is 0.255 e. The molecule has 4 heterocycles. The lowest BCUT2D eigenvalue weighted by Gasteiger charge is -2.38. The van der Waals surface area contributed by atoms with Gasteiger partial charge in [-0.05, 0) is 43.6 Å². The summed E-state index contributed by atoms with van der Waals surface area (Å²) in [4.78, 5) is 39.7. The van der Waals surface area contributed by atoms with Crippen molar-refractivity contribution in [3.05, 3.63) is 49.8 Å². The molecular formula is C24H32N4O2S. The molecule has 0 bridgehead atoms. The second kappa shape index (κ2) is 9.25. The van der Waals surface area contributed by atoms with E-state index < -0.39 is 0 Å². The van der Waals surface area contributed by atoms with E-state index in [0.29, 0.717) is 24.8 Å². The zero-order valence-corrected chi connectivity index (χ0v) is 19.0. The van der Waals surface area contributed by atoms with E-state index in [0.717, 1.165) is 54.9 Å². The molecule has 1 N–H and O–H groups in total. The number of hydrogen-bond acceptors (Lipinski definition) is 5. The molecule has 1 atom stereocenters. The summed E-state index contributed by atoms with van der Waals surface area (Å²) in [7, 11) is 0. The Labute approximate surface area is 187 Å². The average Bonchev–Trinajstić information content (AvgIpc) is 3.32. The van der Waals surface area contributed by atoms with Crippen LogP contribution in [0.15, 0.2) is 22.3 Å². The first kappa shape index (κ1) is 20.9. The Morgan fingerprint density at radius 2 is 1.97 bits per heavy atom. The van der Waals surface area contributed by atoms with E-state index >= 15 is 0 Å². The van der Waals surface area contributed by atoms with Gasteiger partial charge in [0.25, 0.3) is 5.56 Å². The number of hydrogen-bond donors (Lipinski definition) is 1. The van der Waals surface area contributed by atoms with Crippen LogP contribution in [0.4, 0.5) is 0 Å². The minimum atomic E-state index is -0.115. The number of fused-ring (bicyclic) bond motifs is 1. The minimum Gasteiger partial charge on any atom is -0.332 e. The third-order valence-corrected chi connectivity index (χ3v) is 8.13. The number of nitrogens with zero attached hydrogens (tertiary/aromatic N) is 3. The van der Waals surface area contributed by atoms with Crippen molar-refractivity contribution in [3.8, 4) is 0 Å². The Hall–Kier alpha value is -1.99. The zero-order chi connectivity index (χ0) is 21.2. The molecular weight excluding hydrogens is 408 g/mol. The number of piperidine rings is 1. The Kier molecular flexibility index (Phi) is 6.23. The summed E-state index contributed by atoms with van der Waals surface area (Å²) in [5, 5.41) is 2.01. The normalized spacial score (nSPS) is 23.0. The van der Waals surface area contributed by atoms with Crippen LogP contribution in [0, 0.1) is 0 Å². The van der Waals surface area contributed by atoms with E-state index in [4.69, 9.17) is 4.98 Å². The van der Waals surface area contributed by atoms with Gasteiger partial charge in [-0.25, -0.2) is 4.98 Å². The highest BCUT2D eigenvalue weighted by atomic mass is 32.1. The number of aromatic nitrogens is 2. The summed E-state index contributed by atoms with van der Waals surface area (Å²) in [6, 6.07) is 4.50. The van der Waals surface area contributed by atoms with Gasteiger partial charge < -0.3 is 9.88 Å². The van der Waals surface area contributed by atoms with Gasteiger partial charge in [-0.15, -0.1) is 11.3 Å². The molecule has 1 aliphatic carbocycles. The fraction of sp³-hybridized carbons (Fsp3) is 0.625. The van der Waals surface area contributed by atoms with Crippen LogP contribution in [0.1, 0.15) is 79.4 Å². The van der Waals surface area contributed by atoms with Crippen molar-refractivity contribution in [3.63, 3.8) is 0 Å². The average molecular weight is 441 g/mol. The smallest absolute Gasteiger partial charge is 0.255 e. The Morgan fingerprint density at radius 3 is 2.77 bits per heavy atom. The van der Waals surface area contributed by atoms with Crippen LogP contribution >= 0.6 is 11.3 Å². The fourth-order valence-corrected chi connectivity index (χ4v) is 6.25. The molecule has 3 aliphatic rings. The maximum absolute atomic E-state index is 13.1. The predicted octanol–water partition coefficient (Wildman–Crippen LogP) is 3.82. The van der Waals surface area contributed by atoms with Crippen molar-refractivity contribution in [1.29, 1.82) is 0 Å². The first-order chi connectivity index (χ1) is 15.2. The molecule has 5 rings (SSSR count). The maximum atomic E-state index is 13.1. The highest BCUT2D eigenvalue weighted by Crippen LogP contribution is 2.31. The van der Waals surface area contributed by atoms with Crippen molar-refractivity contribution in [2.75, 3.05) is 13.1 Å². The van der Waals surface area contributed by atoms with Crippen LogP contribution < -0.4 is 5.56 Å². The van der Waals surface area contributed by atoms with Gasteiger partial charge in [0.15, 0.2) is 0 Å². The van der Waals surface area contributed by atoms with E-state index in [2.05, 4.69) is 9.88 Å². The molecule has 0 unspecified atom stereocenters. The predicted molar refractivity (Wildman–Crippen MR) is 122 cm³/mol. The van der Waals surface area contributed by atoms with E-state index in [-0.39, 0.29) is 17.5 Å². The summed E-state index contributed by atoms with van der Waals surface area (Å²) >= 11 is 1.62. The monoisotopic (exact) mass is 440 g/mol. The Morgan fingerprint density at radius 1 is 1.13 bits per heavy atom. The molecule has 1 saturated carbocycles. The Balaban J connectivity index is 1.35. The fourth-order valence-electron chi connectivity index (χ4n) is 5.56. The van der Waals surface area contributed by atoms with Gasteiger partial charge in [-0.3, -0.25) is 14.5 Å². The second-order valence-corrected chi connectivity index (χ2v) is 10.3. The van der Waals surface area contributed by atoms with Gasteiger partial charge in [0.2, 0.25) is 5.91 Å². The van der Waals surface area contributed by atoms with Gasteiger partial charge in [0, 0.05) is 37.0 Å². The van der Waals surface area contributed by atoms with Crippen LogP contribution in [0.5, 0.6) is 0 Å². The molecule has 0 radical (unpaired) electrons. The molecule has 2 aromatic rings. The molecule has 0 aromatic carbocycles. The lowest BCUT2D eigenvalue weighted by molar-refractivity contribution is -0.134. The molecule has 0 spiro atoms. The third kappa shape index (κ3) is 4.48. The van der Waals surface area contributed by atoms with Crippen molar-refractivity contribution >= 4 is 17.2 Å². The summed E-state index contributed by atoms with van der Waals surface area (Å²) in [6.45, 7) is 2.44. The van der Waals surface area contributed by atoms with Gasteiger partial charge >= 0.3 is 0 Å². The van der Waals surface area contributed by atoms with Crippen LogP contribution in [-0.4, -0.2) is 44.8 Å². The van der Waals surface area contributed by atoms with E-state index in [9.17, 15) is 9.59 Å². The Bertz CT molecular complexity index is 964. The number of aromatic amines is 1. The molecule has 1 saturated heterocycles.